The van der Waals surface area contributed by atoms with Gasteiger partial charge in [0, 0.05) is 25.7 Å². The summed E-state index contributed by atoms with van der Waals surface area (Å²) in [6.45, 7) is 3.86. The minimum absolute atomic E-state index is 0.0754. The third-order valence-electron chi connectivity index (χ3n) is 5.47. The lowest BCUT2D eigenvalue weighted by atomic mass is 9.81. The third kappa shape index (κ3) is 4.98. The van der Waals surface area contributed by atoms with Gasteiger partial charge in [-0.3, -0.25) is 14.5 Å². The van der Waals surface area contributed by atoms with Crippen molar-refractivity contribution in [1.29, 1.82) is 0 Å². The van der Waals surface area contributed by atoms with Gasteiger partial charge in [0.05, 0.1) is 12.5 Å². The monoisotopic (exact) mass is 380 g/mol. The first kappa shape index (κ1) is 20.1. The van der Waals surface area contributed by atoms with E-state index in [-0.39, 0.29) is 11.9 Å². The van der Waals surface area contributed by atoms with E-state index in [1.54, 1.807) is 0 Å². The van der Waals surface area contributed by atoms with Crippen LogP contribution in [0.2, 0.25) is 0 Å². The molecule has 1 unspecified atom stereocenters. The molecule has 1 fully saturated rings. The SMILES string of the molecule is COC(=O)C1(CCc2ccccc2)CCN(Cc2ccc(NC(C)=O)cc2)C1. The Hall–Kier alpha value is -2.66. The zero-order valence-corrected chi connectivity index (χ0v) is 16.6. The van der Waals surface area contributed by atoms with E-state index < -0.39 is 5.41 Å². The second-order valence-electron chi connectivity index (χ2n) is 7.60. The van der Waals surface area contributed by atoms with Gasteiger partial charge in [-0.1, -0.05) is 42.5 Å². The van der Waals surface area contributed by atoms with Crippen LogP contribution in [-0.2, 0) is 27.3 Å². The Balaban J connectivity index is 1.63. The van der Waals surface area contributed by atoms with E-state index >= 15 is 0 Å². The van der Waals surface area contributed by atoms with Crippen LogP contribution >= 0.6 is 0 Å². The van der Waals surface area contributed by atoms with E-state index in [9.17, 15) is 9.59 Å². The Morgan fingerprint density at radius 2 is 1.79 bits per heavy atom. The van der Waals surface area contributed by atoms with E-state index in [4.69, 9.17) is 4.74 Å². The first-order chi connectivity index (χ1) is 13.5. The number of nitrogens with zero attached hydrogens (tertiary/aromatic N) is 1. The van der Waals surface area contributed by atoms with E-state index in [2.05, 4.69) is 22.3 Å². The fourth-order valence-corrected chi connectivity index (χ4v) is 3.97. The summed E-state index contributed by atoms with van der Waals surface area (Å²) in [4.78, 5) is 26.1. The highest BCUT2D eigenvalue weighted by Crippen LogP contribution is 2.37. The molecule has 1 aliphatic heterocycles. The van der Waals surface area contributed by atoms with Gasteiger partial charge in [-0.15, -0.1) is 0 Å². The lowest BCUT2D eigenvalue weighted by Gasteiger charge is -2.27. The number of methoxy groups -OCH3 is 1. The van der Waals surface area contributed by atoms with Gasteiger partial charge in [0.15, 0.2) is 0 Å². The number of likely N-dealkylation sites (tertiary alicyclic amines) is 1. The quantitative estimate of drug-likeness (QED) is 0.745. The average molecular weight is 380 g/mol. The first-order valence-electron chi connectivity index (χ1n) is 9.72. The van der Waals surface area contributed by atoms with Crippen molar-refractivity contribution in [1.82, 2.24) is 4.90 Å². The number of aryl methyl sites for hydroxylation is 1. The fourth-order valence-electron chi connectivity index (χ4n) is 3.97. The molecule has 0 saturated carbocycles. The number of amides is 1. The molecule has 0 spiro atoms. The molecule has 1 atom stereocenters. The lowest BCUT2D eigenvalue weighted by Crippen LogP contribution is -2.36. The minimum Gasteiger partial charge on any atom is -0.469 e. The summed E-state index contributed by atoms with van der Waals surface area (Å²) in [5, 5.41) is 2.78. The molecule has 0 aliphatic carbocycles. The first-order valence-corrected chi connectivity index (χ1v) is 9.72. The molecule has 5 nitrogen and oxygen atoms in total. The van der Waals surface area contributed by atoms with Gasteiger partial charge < -0.3 is 10.1 Å². The van der Waals surface area contributed by atoms with Crippen molar-refractivity contribution in [3.63, 3.8) is 0 Å². The van der Waals surface area contributed by atoms with E-state index in [1.165, 1.54) is 19.6 Å². The molecule has 0 radical (unpaired) electrons. The minimum atomic E-state index is -0.444. The Bertz CT molecular complexity index is 804. The zero-order chi connectivity index (χ0) is 20.0. The van der Waals surface area contributed by atoms with Crippen LogP contribution < -0.4 is 5.32 Å². The Kier molecular flexibility index (Phi) is 6.47. The zero-order valence-electron chi connectivity index (χ0n) is 16.6. The van der Waals surface area contributed by atoms with Gasteiger partial charge >= 0.3 is 5.97 Å². The van der Waals surface area contributed by atoms with Gasteiger partial charge in [0.25, 0.3) is 0 Å². The molecule has 28 heavy (non-hydrogen) atoms. The Morgan fingerprint density at radius 1 is 1.07 bits per heavy atom. The van der Waals surface area contributed by atoms with Crippen molar-refractivity contribution < 1.29 is 14.3 Å². The largest absolute Gasteiger partial charge is 0.469 e. The number of hydrogen-bond acceptors (Lipinski definition) is 4. The fraction of sp³-hybridized carbons (Fsp3) is 0.391. The number of esters is 1. The summed E-state index contributed by atoms with van der Waals surface area (Å²) < 4.78 is 5.17. The molecule has 148 valence electrons. The van der Waals surface area contributed by atoms with E-state index in [0.29, 0.717) is 6.54 Å². The van der Waals surface area contributed by atoms with Crippen LogP contribution in [0.3, 0.4) is 0 Å². The molecule has 5 heteroatoms. The molecule has 1 saturated heterocycles. The number of ether oxygens (including phenoxy) is 1. The van der Waals surface area contributed by atoms with Crippen molar-refractivity contribution in [3.05, 3.63) is 65.7 Å². The highest BCUT2D eigenvalue weighted by Gasteiger charge is 2.45. The summed E-state index contributed by atoms with van der Waals surface area (Å²) in [7, 11) is 1.48. The molecule has 3 rings (SSSR count). The normalized spacial score (nSPS) is 19.4. The van der Waals surface area contributed by atoms with Crippen LogP contribution in [0.5, 0.6) is 0 Å². The van der Waals surface area contributed by atoms with Crippen LogP contribution in [0.15, 0.2) is 54.6 Å². The molecule has 2 aromatic carbocycles. The van der Waals surface area contributed by atoms with Gasteiger partial charge in [0.1, 0.15) is 0 Å². The molecule has 1 amide bonds. The number of rotatable bonds is 7. The Morgan fingerprint density at radius 3 is 2.43 bits per heavy atom. The topological polar surface area (TPSA) is 58.6 Å². The number of hydrogen-bond donors (Lipinski definition) is 1. The standard InChI is InChI=1S/C23H28N2O3/c1-18(26)24-21-10-8-20(9-11-21)16-25-15-14-23(17-25,22(27)28-2)13-12-19-6-4-3-5-7-19/h3-11H,12-17H2,1-2H3,(H,24,26). The van der Waals surface area contributed by atoms with Gasteiger partial charge in [-0.25, -0.2) is 0 Å². The van der Waals surface area contributed by atoms with E-state index in [0.717, 1.165) is 43.6 Å². The third-order valence-corrected chi connectivity index (χ3v) is 5.47. The molecule has 1 heterocycles. The van der Waals surface area contributed by atoms with Gasteiger partial charge in [-0.05, 0) is 49.1 Å². The molecule has 0 aromatic heterocycles. The maximum absolute atomic E-state index is 12.6. The highest BCUT2D eigenvalue weighted by atomic mass is 16.5. The summed E-state index contributed by atoms with van der Waals surface area (Å²) in [6, 6.07) is 18.2. The second-order valence-corrected chi connectivity index (χ2v) is 7.60. The van der Waals surface area contributed by atoms with Gasteiger partial charge in [0.2, 0.25) is 5.91 Å². The van der Waals surface area contributed by atoms with E-state index in [1.807, 2.05) is 42.5 Å². The van der Waals surface area contributed by atoms with Crippen LogP contribution in [0, 0.1) is 5.41 Å². The molecule has 0 bridgehead atoms. The number of benzene rings is 2. The van der Waals surface area contributed by atoms with Crippen LogP contribution in [0.1, 0.15) is 30.9 Å². The molecular weight excluding hydrogens is 352 g/mol. The second kappa shape index (κ2) is 9.02. The van der Waals surface area contributed by atoms with Crippen molar-refractivity contribution >= 4 is 17.6 Å². The molecule has 1 N–H and O–H groups in total. The maximum Gasteiger partial charge on any atom is 0.313 e. The van der Waals surface area contributed by atoms with Crippen LogP contribution in [0.4, 0.5) is 5.69 Å². The summed E-state index contributed by atoms with van der Waals surface area (Å²) in [5.41, 5.74) is 2.76. The Labute approximate surface area is 166 Å². The smallest absolute Gasteiger partial charge is 0.313 e. The molecular formula is C23H28N2O3. The van der Waals surface area contributed by atoms with Crippen molar-refractivity contribution in [3.8, 4) is 0 Å². The number of carbonyl (C=O) groups excluding carboxylic acids is 2. The number of anilines is 1. The maximum atomic E-state index is 12.6. The average Bonchev–Trinajstić information content (AvgIpc) is 3.12. The van der Waals surface area contributed by atoms with Crippen LogP contribution in [-0.4, -0.2) is 37.0 Å². The number of carbonyl (C=O) groups is 2. The summed E-state index contributed by atoms with van der Waals surface area (Å²) >= 11 is 0. The van der Waals surface area contributed by atoms with Crippen molar-refractivity contribution in [2.75, 3.05) is 25.5 Å². The predicted molar refractivity (Wildman–Crippen MR) is 110 cm³/mol. The summed E-state index contributed by atoms with van der Waals surface area (Å²) in [5.74, 6) is -0.180. The molecule has 1 aliphatic rings. The number of nitrogens with one attached hydrogen (secondary N) is 1. The van der Waals surface area contributed by atoms with Crippen molar-refractivity contribution in [2.45, 2.75) is 32.7 Å². The predicted octanol–water partition coefficient (Wildman–Crippen LogP) is 3.64. The van der Waals surface area contributed by atoms with Crippen molar-refractivity contribution in [2.24, 2.45) is 5.41 Å². The summed E-state index contributed by atoms with van der Waals surface area (Å²) in [6.07, 6.45) is 2.48. The van der Waals surface area contributed by atoms with Gasteiger partial charge in [-0.2, -0.15) is 0 Å². The molecule has 2 aromatic rings. The lowest BCUT2D eigenvalue weighted by molar-refractivity contribution is -0.152. The van der Waals surface area contributed by atoms with Crippen LogP contribution in [0.25, 0.3) is 0 Å². The highest BCUT2D eigenvalue weighted by molar-refractivity contribution is 5.88.